The number of carbonyl (C=O) groups is 2. The molecule has 1 aliphatic heterocycles. The molecule has 0 N–H and O–H groups in total. The fourth-order valence-electron chi connectivity index (χ4n) is 3.54. The minimum Gasteiger partial charge on any atom is -0.274 e. The first-order valence-corrected chi connectivity index (χ1v) is 9.75. The maximum Gasteiger partial charge on any atom is 0.261 e. The Balaban J connectivity index is 1.39. The van der Waals surface area contributed by atoms with Gasteiger partial charge in [-0.05, 0) is 61.2 Å². The summed E-state index contributed by atoms with van der Waals surface area (Å²) in [6.07, 6.45) is 1.51. The normalized spacial score (nSPS) is 12.5. The van der Waals surface area contributed by atoms with Crippen LogP contribution in [-0.4, -0.2) is 23.3 Å². The van der Waals surface area contributed by atoms with Crippen molar-refractivity contribution in [3.05, 3.63) is 106 Å². The monoisotopic (exact) mass is 379 g/mol. The average Bonchev–Trinajstić information content (AvgIpc) is 2.99. The molecule has 2 amide bonds. The molecule has 0 bridgehead atoms. The van der Waals surface area contributed by atoms with Gasteiger partial charge in [0.15, 0.2) is 0 Å². The smallest absolute Gasteiger partial charge is 0.261 e. The first-order valence-electron chi connectivity index (χ1n) is 9.75. The zero-order chi connectivity index (χ0) is 20.2. The van der Waals surface area contributed by atoms with Crippen molar-refractivity contribution in [2.75, 3.05) is 6.54 Å². The van der Waals surface area contributed by atoms with E-state index in [0.29, 0.717) is 17.7 Å². The largest absolute Gasteiger partial charge is 0.274 e. The predicted molar refractivity (Wildman–Crippen MR) is 114 cm³/mol. The van der Waals surface area contributed by atoms with E-state index >= 15 is 0 Å². The number of rotatable bonds is 4. The molecule has 29 heavy (non-hydrogen) atoms. The second-order valence-corrected chi connectivity index (χ2v) is 7.18. The molecule has 3 nitrogen and oxygen atoms in total. The fourth-order valence-corrected chi connectivity index (χ4v) is 3.54. The lowest BCUT2D eigenvalue weighted by atomic mass is 10.1. The van der Waals surface area contributed by atoms with E-state index in [2.05, 4.69) is 37.0 Å². The SMILES string of the molecule is Cc1ccccc1C#Cc1cccc(CCCN2C(=O)c3ccccc3C2=O)c1. The average molecular weight is 379 g/mol. The Bertz CT molecular complexity index is 1120. The Hall–Kier alpha value is -3.64. The van der Waals surface area contributed by atoms with E-state index in [1.165, 1.54) is 4.90 Å². The Morgan fingerprint density at radius 3 is 2.21 bits per heavy atom. The van der Waals surface area contributed by atoms with Gasteiger partial charge in [0.1, 0.15) is 0 Å². The number of hydrogen-bond acceptors (Lipinski definition) is 2. The van der Waals surface area contributed by atoms with Crippen LogP contribution in [0.4, 0.5) is 0 Å². The van der Waals surface area contributed by atoms with Crippen molar-refractivity contribution in [3.63, 3.8) is 0 Å². The zero-order valence-corrected chi connectivity index (χ0v) is 16.3. The fraction of sp³-hybridized carbons (Fsp3) is 0.154. The molecule has 142 valence electrons. The summed E-state index contributed by atoms with van der Waals surface area (Å²) < 4.78 is 0. The van der Waals surface area contributed by atoms with Crippen LogP contribution in [0.25, 0.3) is 0 Å². The molecule has 0 saturated carbocycles. The van der Waals surface area contributed by atoms with Crippen molar-refractivity contribution in [2.45, 2.75) is 19.8 Å². The second-order valence-electron chi connectivity index (χ2n) is 7.18. The third-order valence-corrected chi connectivity index (χ3v) is 5.14. The van der Waals surface area contributed by atoms with E-state index in [1.807, 2.05) is 30.3 Å². The molecular weight excluding hydrogens is 358 g/mol. The molecule has 0 unspecified atom stereocenters. The Morgan fingerprint density at radius 2 is 1.48 bits per heavy atom. The van der Waals surface area contributed by atoms with Crippen LogP contribution in [0.3, 0.4) is 0 Å². The van der Waals surface area contributed by atoms with Gasteiger partial charge in [0.25, 0.3) is 11.8 Å². The van der Waals surface area contributed by atoms with Crippen LogP contribution < -0.4 is 0 Å². The van der Waals surface area contributed by atoms with Crippen molar-refractivity contribution in [1.82, 2.24) is 4.90 Å². The summed E-state index contributed by atoms with van der Waals surface area (Å²) in [6, 6.07) is 23.2. The Morgan fingerprint density at radius 1 is 0.793 bits per heavy atom. The van der Waals surface area contributed by atoms with Crippen LogP contribution in [0.15, 0.2) is 72.8 Å². The molecule has 0 aromatic heterocycles. The molecule has 3 aromatic carbocycles. The molecule has 0 spiro atoms. The molecule has 3 aromatic rings. The van der Waals surface area contributed by atoms with Gasteiger partial charge in [-0.15, -0.1) is 0 Å². The van der Waals surface area contributed by atoms with Gasteiger partial charge >= 0.3 is 0 Å². The van der Waals surface area contributed by atoms with Gasteiger partial charge < -0.3 is 0 Å². The summed E-state index contributed by atoms with van der Waals surface area (Å²) in [7, 11) is 0. The molecule has 0 fully saturated rings. The van der Waals surface area contributed by atoms with Crippen LogP contribution in [0, 0.1) is 18.8 Å². The van der Waals surface area contributed by atoms with E-state index in [4.69, 9.17) is 0 Å². The van der Waals surface area contributed by atoms with Crippen LogP contribution >= 0.6 is 0 Å². The number of fused-ring (bicyclic) bond motifs is 1. The third kappa shape index (κ3) is 3.97. The quantitative estimate of drug-likeness (QED) is 0.490. The summed E-state index contributed by atoms with van der Waals surface area (Å²) in [5, 5.41) is 0. The minimum atomic E-state index is -0.191. The Kier molecular flexibility index (Phi) is 5.27. The van der Waals surface area contributed by atoms with Gasteiger partial charge in [-0.2, -0.15) is 0 Å². The van der Waals surface area contributed by atoms with Crippen molar-refractivity contribution < 1.29 is 9.59 Å². The van der Waals surface area contributed by atoms with E-state index < -0.39 is 0 Å². The molecule has 0 aliphatic carbocycles. The lowest BCUT2D eigenvalue weighted by Crippen LogP contribution is -2.30. The second kappa shape index (κ2) is 8.16. The number of amides is 2. The van der Waals surface area contributed by atoms with Crippen molar-refractivity contribution >= 4 is 11.8 Å². The standard InChI is InChI=1S/C26H21NO2/c1-19-8-2-3-12-22(19)16-15-21-10-6-9-20(18-21)11-7-17-27-25(28)23-13-4-5-14-24(23)26(27)29/h2-6,8-10,12-14,18H,7,11,17H2,1H3. The summed E-state index contributed by atoms with van der Waals surface area (Å²) in [5.41, 5.74) is 5.32. The molecule has 0 saturated heterocycles. The van der Waals surface area contributed by atoms with Crippen LogP contribution in [-0.2, 0) is 6.42 Å². The number of hydrogen-bond donors (Lipinski definition) is 0. The highest BCUT2D eigenvalue weighted by Gasteiger charge is 2.34. The topological polar surface area (TPSA) is 37.4 Å². The van der Waals surface area contributed by atoms with Gasteiger partial charge in [0.05, 0.1) is 11.1 Å². The molecular formula is C26H21NO2. The first-order chi connectivity index (χ1) is 14.1. The van der Waals surface area contributed by atoms with Crippen LogP contribution in [0.2, 0.25) is 0 Å². The van der Waals surface area contributed by atoms with Crippen LogP contribution in [0.5, 0.6) is 0 Å². The van der Waals surface area contributed by atoms with Gasteiger partial charge in [0, 0.05) is 17.7 Å². The summed E-state index contributed by atoms with van der Waals surface area (Å²) in [6.45, 7) is 2.48. The molecule has 4 rings (SSSR count). The molecule has 3 heteroatoms. The molecule has 1 heterocycles. The van der Waals surface area contributed by atoms with Crippen molar-refractivity contribution in [2.24, 2.45) is 0 Å². The number of benzene rings is 3. The predicted octanol–water partition coefficient (Wildman–Crippen LogP) is 4.62. The van der Waals surface area contributed by atoms with E-state index in [0.717, 1.165) is 35.1 Å². The van der Waals surface area contributed by atoms with Gasteiger partial charge in [0.2, 0.25) is 0 Å². The van der Waals surface area contributed by atoms with E-state index in [1.54, 1.807) is 24.3 Å². The Labute approximate surface area is 171 Å². The zero-order valence-electron chi connectivity index (χ0n) is 16.3. The minimum absolute atomic E-state index is 0.191. The van der Waals surface area contributed by atoms with Crippen molar-refractivity contribution in [3.8, 4) is 11.8 Å². The van der Waals surface area contributed by atoms with E-state index in [9.17, 15) is 9.59 Å². The maximum atomic E-state index is 12.4. The molecule has 0 atom stereocenters. The highest BCUT2D eigenvalue weighted by Crippen LogP contribution is 2.22. The third-order valence-electron chi connectivity index (χ3n) is 5.14. The number of aryl methyl sites for hydroxylation is 2. The van der Waals surface area contributed by atoms with Gasteiger partial charge in [-0.1, -0.05) is 54.3 Å². The highest BCUT2D eigenvalue weighted by atomic mass is 16.2. The van der Waals surface area contributed by atoms with Crippen molar-refractivity contribution in [1.29, 1.82) is 0 Å². The molecule has 1 aliphatic rings. The van der Waals surface area contributed by atoms with Gasteiger partial charge in [-0.25, -0.2) is 0 Å². The van der Waals surface area contributed by atoms with Gasteiger partial charge in [-0.3, -0.25) is 14.5 Å². The highest BCUT2D eigenvalue weighted by molar-refractivity contribution is 6.21. The summed E-state index contributed by atoms with van der Waals surface area (Å²) >= 11 is 0. The van der Waals surface area contributed by atoms with E-state index in [-0.39, 0.29) is 11.8 Å². The summed E-state index contributed by atoms with van der Waals surface area (Å²) in [4.78, 5) is 26.2. The summed E-state index contributed by atoms with van der Waals surface area (Å²) in [5.74, 6) is 6.08. The molecule has 0 radical (unpaired) electrons. The lowest BCUT2D eigenvalue weighted by Gasteiger charge is -2.13. The number of carbonyl (C=O) groups excluding carboxylic acids is 2. The number of nitrogens with zero attached hydrogens (tertiary/aromatic N) is 1. The lowest BCUT2D eigenvalue weighted by molar-refractivity contribution is 0.0652. The van der Waals surface area contributed by atoms with Crippen LogP contribution in [0.1, 0.15) is 49.4 Å². The number of imide groups is 1. The maximum absolute atomic E-state index is 12.4. The first kappa shape index (κ1) is 18.7.